The third kappa shape index (κ3) is 3.32. The van der Waals surface area contributed by atoms with Crippen LogP contribution in [0.3, 0.4) is 0 Å². The van der Waals surface area contributed by atoms with E-state index in [1.54, 1.807) is 0 Å². The summed E-state index contributed by atoms with van der Waals surface area (Å²) in [6, 6.07) is 0.494. The van der Waals surface area contributed by atoms with Crippen molar-refractivity contribution in [2.24, 2.45) is 0 Å². The highest BCUT2D eigenvalue weighted by Gasteiger charge is 2.39. The van der Waals surface area contributed by atoms with Gasteiger partial charge in [0.15, 0.2) is 0 Å². The van der Waals surface area contributed by atoms with Crippen molar-refractivity contribution >= 4 is 11.9 Å². The molecule has 1 amide bonds. The number of aliphatic carboxylic acids is 1. The first-order valence-corrected chi connectivity index (χ1v) is 6.30. The molecule has 1 heterocycles. The summed E-state index contributed by atoms with van der Waals surface area (Å²) in [7, 11) is 0. The highest BCUT2D eigenvalue weighted by molar-refractivity contribution is 5.95. The lowest BCUT2D eigenvalue weighted by molar-refractivity contribution is -0.142. The largest absolute Gasteiger partial charge is 0.480 e. The number of carboxylic acid groups (broad SMARTS) is 1. The van der Waals surface area contributed by atoms with Crippen molar-refractivity contribution in [2.75, 3.05) is 0 Å². The molecule has 1 fully saturated rings. The van der Waals surface area contributed by atoms with Crippen molar-refractivity contribution < 1.29 is 27.9 Å². The van der Waals surface area contributed by atoms with Crippen LogP contribution in [0, 0.1) is 0 Å². The molecule has 0 radical (unpaired) electrons. The number of rotatable bonds is 4. The molecular formula is C13H13F3N2O3. The summed E-state index contributed by atoms with van der Waals surface area (Å²) in [6.07, 6.45) is -2.59. The molecule has 0 aliphatic heterocycles. The summed E-state index contributed by atoms with van der Waals surface area (Å²) in [5, 5.41) is 9.01. The number of carboxylic acids is 1. The van der Waals surface area contributed by atoms with Crippen LogP contribution in [0.2, 0.25) is 0 Å². The smallest absolute Gasteiger partial charge is 0.417 e. The molecule has 8 heteroatoms. The van der Waals surface area contributed by atoms with Crippen LogP contribution in [-0.4, -0.2) is 39.0 Å². The van der Waals surface area contributed by atoms with Gasteiger partial charge in [0.25, 0.3) is 5.91 Å². The molecule has 0 spiro atoms. The van der Waals surface area contributed by atoms with E-state index in [-0.39, 0.29) is 11.7 Å². The monoisotopic (exact) mass is 302 g/mol. The lowest BCUT2D eigenvalue weighted by Crippen LogP contribution is -2.45. The number of alkyl halides is 3. The minimum atomic E-state index is -4.53. The summed E-state index contributed by atoms with van der Waals surface area (Å²) in [5.41, 5.74) is -1.15. The van der Waals surface area contributed by atoms with Gasteiger partial charge in [0.2, 0.25) is 0 Å². The van der Waals surface area contributed by atoms with Gasteiger partial charge in [-0.3, -0.25) is 9.78 Å². The van der Waals surface area contributed by atoms with Gasteiger partial charge >= 0.3 is 12.1 Å². The van der Waals surface area contributed by atoms with Crippen LogP contribution in [0.15, 0.2) is 18.3 Å². The number of pyridine rings is 1. The molecule has 21 heavy (non-hydrogen) atoms. The average Bonchev–Trinajstić information content (AvgIpc) is 3.22. The Balaban J connectivity index is 2.23. The Kier molecular flexibility index (Phi) is 3.89. The fraction of sp³-hybridized carbons (Fsp3) is 0.462. The Morgan fingerprint density at radius 2 is 2.00 bits per heavy atom. The lowest BCUT2D eigenvalue weighted by atomic mass is 10.2. The molecule has 1 aliphatic rings. The van der Waals surface area contributed by atoms with Crippen molar-refractivity contribution in [1.82, 2.24) is 9.88 Å². The van der Waals surface area contributed by atoms with E-state index in [1.165, 1.54) is 6.92 Å². The third-order valence-corrected chi connectivity index (χ3v) is 3.26. The quantitative estimate of drug-likeness (QED) is 0.925. The molecule has 1 aromatic rings. The highest BCUT2D eigenvalue weighted by Crippen LogP contribution is 2.31. The van der Waals surface area contributed by atoms with Gasteiger partial charge in [-0.2, -0.15) is 13.2 Å². The van der Waals surface area contributed by atoms with Gasteiger partial charge in [-0.1, -0.05) is 0 Å². The lowest BCUT2D eigenvalue weighted by Gasteiger charge is -2.26. The predicted molar refractivity (Wildman–Crippen MR) is 65.5 cm³/mol. The predicted octanol–water partition coefficient (Wildman–Crippen LogP) is 2.18. The van der Waals surface area contributed by atoms with E-state index >= 15 is 0 Å². The minimum absolute atomic E-state index is 0.187. The fourth-order valence-electron chi connectivity index (χ4n) is 1.95. The zero-order valence-corrected chi connectivity index (χ0v) is 11.1. The maximum Gasteiger partial charge on any atom is 0.417 e. The highest BCUT2D eigenvalue weighted by atomic mass is 19.4. The van der Waals surface area contributed by atoms with Gasteiger partial charge in [-0.25, -0.2) is 4.79 Å². The third-order valence-electron chi connectivity index (χ3n) is 3.26. The number of carbonyl (C=O) groups excluding carboxylic acids is 1. The summed E-state index contributed by atoms with van der Waals surface area (Å²) >= 11 is 0. The zero-order chi connectivity index (χ0) is 15.8. The molecule has 1 saturated carbocycles. The normalized spacial score (nSPS) is 16.4. The Bertz CT molecular complexity index is 553. The molecule has 1 aromatic heterocycles. The van der Waals surface area contributed by atoms with Gasteiger partial charge in [-0.05, 0) is 31.9 Å². The van der Waals surface area contributed by atoms with Crippen LogP contribution in [-0.2, 0) is 11.0 Å². The first kappa shape index (κ1) is 15.3. The number of hydrogen-bond donors (Lipinski definition) is 1. The Morgan fingerprint density at radius 3 is 2.38 bits per heavy atom. The van der Waals surface area contributed by atoms with Crippen molar-refractivity contribution in [1.29, 1.82) is 0 Å². The van der Waals surface area contributed by atoms with E-state index < -0.39 is 29.7 Å². The molecule has 114 valence electrons. The second kappa shape index (κ2) is 5.34. The van der Waals surface area contributed by atoms with E-state index in [4.69, 9.17) is 5.11 Å². The van der Waals surface area contributed by atoms with Crippen molar-refractivity contribution in [3.05, 3.63) is 29.6 Å². The van der Waals surface area contributed by atoms with Crippen LogP contribution in [0.5, 0.6) is 0 Å². The molecule has 0 aromatic carbocycles. The summed E-state index contributed by atoms with van der Waals surface area (Å²) in [5.74, 6) is -1.83. The second-order valence-electron chi connectivity index (χ2n) is 4.89. The number of carbonyl (C=O) groups is 2. The molecule has 0 bridgehead atoms. The first-order valence-electron chi connectivity index (χ1n) is 6.30. The Labute approximate surface area is 118 Å². The molecule has 1 unspecified atom stereocenters. The van der Waals surface area contributed by atoms with E-state index in [9.17, 15) is 22.8 Å². The molecule has 5 nitrogen and oxygen atoms in total. The molecule has 1 N–H and O–H groups in total. The number of amides is 1. The molecule has 0 saturated heterocycles. The van der Waals surface area contributed by atoms with Crippen LogP contribution >= 0.6 is 0 Å². The van der Waals surface area contributed by atoms with Gasteiger partial charge in [0.05, 0.1) is 5.56 Å². The number of nitrogens with zero attached hydrogens (tertiary/aromatic N) is 2. The maximum atomic E-state index is 12.4. The number of aromatic nitrogens is 1. The van der Waals surface area contributed by atoms with Gasteiger partial charge in [0, 0.05) is 12.2 Å². The van der Waals surface area contributed by atoms with Crippen LogP contribution in [0.1, 0.15) is 35.8 Å². The van der Waals surface area contributed by atoms with Gasteiger partial charge < -0.3 is 10.0 Å². The molecular weight excluding hydrogens is 289 g/mol. The van der Waals surface area contributed by atoms with Crippen LogP contribution < -0.4 is 0 Å². The number of halogens is 3. The summed E-state index contributed by atoms with van der Waals surface area (Å²) < 4.78 is 37.3. The van der Waals surface area contributed by atoms with Crippen LogP contribution in [0.25, 0.3) is 0 Å². The van der Waals surface area contributed by atoms with Gasteiger partial charge in [0.1, 0.15) is 11.7 Å². The Hall–Kier alpha value is -2.12. The summed E-state index contributed by atoms with van der Waals surface area (Å²) in [4.78, 5) is 28.0. The molecule has 2 rings (SSSR count). The minimum Gasteiger partial charge on any atom is -0.480 e. The second-order valence-corrected chi connectivity index (χ2v) is 4.89. The SMILES string of the molecule is CC(C(=O)O)N(C(=O)c1ccc(C(F)(F)F)cn1)C1CC1. The topological polar surface area (TPSA) is 70.5 Å². The van der Waals surface area contributed by atoms with Crippen LogP contribution in [0.4, 0.5) is 13.2 Å². The van der Waals surface area contributed by atoms with E-state index in [1.807, 2.05) is 0 Å². The Morgan fingerprint density at radius 1 is 1.38 bits per heavy atom. The molecule has 1 aliphatic carbocycles. The maximum absolute atomic E-state index is 12.4. The first-order chi connectivity index (χ1) is 9.71. The van der Waals surface area contributed by atoms with E-state index in [0.717, 1.165) is 17.0 Å². The number of hydrogen-bond acceptors (Lipinski definition) is 3. The van der Waals surface area contributed by atoms with Gasteiger partial charge in [-0.15, -0.1) is 0 Å². The fourth-order valence-corrected chi connectivity index (χ4v) is 1.95. The molecule has 1 atom stereocenters. The van der Waals surface area contributed by atoms with Crippen molar-refractivity contribution in [3.63, 3.8) is 0 Å². The van der Waals surface area contributed by atoms with Crippen molar-refractivity contribution in [2.45, 2.75) is 38.0 Å². The standard InChI is InChI=1S/C13H13F3N2O3/c1-7(12(20)21)18(9-3-4-9)11(19)10-5-2-8(6-17-10)13(14,15)16/h2,5-7,9H,3-4H2,1H3,(H,20,21). The van der Waals surface area contributed by atoms with E-state index in [0.29, 0.717) is 19.0 Å². The average molecular weight is 302 g/mol. The van der Waals surface area contributed by atoms with E-state index in [2.05, 4.69) is 4.98 Å². The zero-order valence-electron chi connectivity index (χ0n) is 11.1. The van der Waals surface area contributed by atoms with Crippen molar-refractivity contribution in [3.8, 4) is 0 Å². The summed E-state index contributed by atoms with van der Waals surface area (Å²) in [6.45, 7) is 1.36.